The topological polar surface area (TPSA) is 21.3 Å². The standard InChI is InChI=1S/C8H10ClNOS.ClH/c9-7-3-2-6(12-7)8-10-4-1-5-11-8;/h2-3,8,10H,1,4-5H2;1H. The monoisotopic (exact) mass is 239 g/mol. The summed E-state index contributed by atoms with van der Waals surface area (Å²) in [4.78, 5) is 1.17. The Morgan fingerprint density at radius 1 is 1.54 bits per heavy atom. The molecule has 2 heterocycles. The zero-order chi connectivity index (χ0) is 8.39. The van der Waals surface area contributed by atoms with Gasteiger partial charge in [0.2, 0.25) is 0 Å². The third-order valence-corrected chi connectivity index (χ3v) is 3.06. The van der Waals surface area contributed by atoms with Crippen LogP contribution in [-0.4, -0.2) is 13.2 Å². The first-order valence-electron chi connectivity index (χ1n) is 3.96. The molecule has 74 valence electrons. The summed E-state index contributed by atoms with van der Waals surface area (Å²) >= 11 is 7.39. The van der Waals surface area contributed by atoms with Crippen LogP contribution in [0.25, 0.3) is 0 Å². The smallest absolute Gasteiger partial charge is 0.143 e. The fourth-order valence-electron chi connectivity index (χ4n) is 1.22. The van der Waals surface area contributed by atoms with Crippen LogP contribution in [0.2, 0.25) is 4.34 Å². The molecule has 0 radical (unpaired) electrons. The van der Waals surface area contributed by atoms with Crippen LogP contribution in [0.15, 0.2) is 12.1 Å². The number of nitrogens with one attached hydrogen (secondary N) is 1. The van der Waals surface area contributed by atoms with E-state index in [-0.39, 0.29) is 18.6 Å². The first kappa shape index (κ1) is 11.3. The van der Waals surface area contributed by atoms with E-state index in [0.29, 0.717) is 0 Å². The van der Waals surface area contributed by atoms with Crippen molar-refractivity contribution in [2.24, 2.45) is 0 Å². The molecule has 1 fully saturated rings. The number of halogens is 2. The Morgan fingerprint density at radius 2 is 2.38 bits per heavy atom. The minimum Gasteiger partial charge on any atom is -0.358 e. The third kappa shape index (κ3) is 2.82. The predicted molar refractivity (Wildman–Crippen MR) is 57.9 cm³/mol. The van der Waals surface area contributed by atoms with Gasteiger partial charge in [0.25, 0.3) is 0 Å². The van der Waals surface area contributed by atoms with Gasteiger partial charge in [0.15, 0.2) is 0 Å². The maximum absolute atomic E-state index is 5.81. The van der Waals surface area contributed by atoms with Crippen LogP contribution in [-0.2, 0) is 4.74 Å². The molecule has 1 aromatic heterocycles. The average molecular weight is 240 g/mol. The van der Waals surface area contributed by atoms with E-state index in [1.807, 2.05) is 12.1 Å². The Balaban J connectivity index is 0.000000845. The second-order valence-corrected chi connectivity index (χ2v) is 4.45. The SMILES string of the molecule is Cl.Clc1ccc(C2NCCCO2)s1. The van der Waals surface area contributed by atoms with Gasteiger partial charge in [0, 0.05) is 11.4 Å². The highest BCUT2D eigenvalue weighted by Gasteiger charge is 2.16. The lowest BCUT2D eigenvalue weighted by Crippen LogP contribution is -2.30. The van der Waals surface area contributed by atoms with E-state index in [0.717, 1.165) is 23.9 Å². The summed E-state index contributed by atoms with van der Waals surface area (Å²) in [6.07, 6.45) is 1.16. The highest BCUT2D eigenvalue weighted by Crippen LogP contribution is 2.28. The van der Waals surface area contributed by atoms with Gasteiger partial charge in [0.05, 0.1) is 10.9 Å². The number of hydrogen-bond donors (Lipinski definition) is 1. The molecule has 1 aromatic rings. The van der Waals surface area contributed by atoms with Crippen LogP contribution < -0.4 is 5.32 Å². The van der Waals surface area contributed by atoms with E-state index in [2.05, 4.69) is 5.32 Å². The molecule has 1 N–H and O–H groups in total. The number of rotatable bonds is 1. The van der Waals surface area contributed by atoms with Gasteiger partial charge >= 0.3 is 0 Å². The molecule has 5 heteroatoms. The molecule has 0 amide bonds. The Morgan fingerprint density at radius 3 is 2.92 bits per heavy atom. The Bertz CT molecular complexity index is 260. The molecule has 1 atom stereocenters. The minimum atomic E-state index is 0. The summed E-state index contributed by atoms with van der Waals surface area (Å²) in [6, 6.07) is 3.91. The molecule has 1 saturated heterocycles. The van der Waals surface area contributed by atoms with Crippen molar-refractivity contribution in [3.63, 3.8) is 0 Å². The van der Waals surface area contributed by atoms with Gasteiger partial charge in [-0.3, -0.25) is 5.32 Å². The van der Waals surface area contributed by atoms with E-state index in [9.17, 15) is 0 Å². The van der Waals surface area contributed by atoms with Crippen molar-refractivity contribution in [1.82, 2.24) is 5.32 Å². The lowest BCUT2D eigenvalue weighted by molar-refractivity contribution is 0.00198. The van der Waals surface area contributed by atoms with Gasteiger partial charge in [-0.15, -0.1) is 23.7 Å². The molecule has 0 aromatic carbocycles. The zero-order valence-electron chi connectivity index (χ0n) is 6.96. The molecule has 0 bridgehead atoms. The molecule has 13 heavy (non-hydrogen) atoms. The molecule has 0 spiro atoms. The normalized spacial score (nSPS) is 22.4. The summed E-state index contributed by atoms with van der Waals surface area (Å²) in [7, 11) is 0. The summed E-state index contributed by atoms with van der Waals surface area (Å²) < 4.78 is 6.34. The minimum absolute atomic E-state index is 0. The van der Waals surface area contributed by atoms with E-state index in [1.54, 1.807) is 11.3 Å². The second kappa shape index (κ2) is 5.17. The molecule has 0 saturated carbocycles. The fraction of sp³-hybridized carbons (Fsp3) is 0.500. The van der Waals surface area contributed by atoms with Crippen molar-refractivity contribution in [2.75, 3.05) is 13.2 Å². The zero-order valence-corrected chi connectivity index (χ0v) is 9.35. The maximum atomic E-state index is 5.81. The number of ether oxygens (including phenoxy) is 1. The van der Waals surface area contributed by atoms with Crippen LogP contribution in [0.1, 0.15) is 17.5 Å². The highest BCUT2D eigenvalue weighted by atomic mass is 35.5. The van der Waals surface area contributed by atoms with E-state index >= 15 is 0 Å². The molecule has 2 rings (SSSR count). The average Bonchev–Trinajstić information content (AvgIpc) is 2.54. The lowest BCUT2D eigenvalue weighted by Gasteiger charge is -2.22. The van der Waals surface area contributed by atoms with E-state index in [1.165, 1.54) is 4.88 Å². The molecule has 1 aliphatic rings. The molecule has 1 aliphatic heterocycles. The van der Waals surface area contributed by atoms with Crippen molar-refractivity contribution in [3.8, 4) is 0 Å². The molecule has 2 nitrogen and oxygen atoms in total. The quantitative estimate of drug-likeness (QED) is 0.814. The second-order valence-electron chi connectivity index (χ2n) is 2.70. The first-order valence-corrected chi connectivity index (χ1v) is 5.16. The van der Waals surface area contributed by atoms with Crippen LogP contribution in [0.4, 0.5) is 0 Å². The highest BCUT2D eigenvalue weighted by molar-refractivity contribution is 7.16. The fourth-order valence-corrected chi connectivity index (χ4v) is 2.30. The Labute approximate surface area is 92.6 Å². The van der Waals surface area contributed by atoms with Crippen molar-refractivity contribution in [2.45, 2.75) is 12.6 Å². The largest absolute Gasteiger partial charge is 0.358 e. The molecule has 0 aliphatic carbocycles. The van der Waals surface area contributed by atoms with Gasteiger partial charge in [0.1, 0.15) is 6.23 Å². The van der Waals surface area contributed by atoms with Crippen LogP contribution in [0.5, 0.6) is 0 Å². The summed E-state index contributed by atoms with van der Waals surface area (Å²) in [5, 5.41) is 3.28. The van der Waals surface area contributed by atoms with Crippen molar-refractivity contribution >= 4 is 35.3 Å². The van der Waals surface area contributed by atoms with Crippen LogP contribution in [0, 0.1) is 0 Å². The van der Waals surface area contributed by atoms with Crippen LogP contribution >= 0.6 is 35.3 Å². The first-order chi connectivity index (χ1) is 5.86. The molecular weight excluding hydrogens is 229 g/mol. The van der Waals surface area contributed by atoms with Crippen LogP contribution in [0.3, 0.4) is 0 Å². The van der Waals surface area contributed by atoms with Gasteiger partial charge < -0.3 is 4.74 Å². The van der Waals surface area contributed by atoms with E-state index < -0.39 is 0 Å². The number of thiophene rings is 1. The summed E-state index contributed by atoms with van der Waals surface area (Å²) in [6.45, 7) is 1.87. The van der Waals surface area contributed by atoms with Gasteiger partial charge in [-0.05, 0) is 18.6 Å². The summed E-state index contributed by atoms with van der Waals surface area (Å²) in [5.74, 6) is 0. The lowest BCUT2D eigenvalue weighted by atomic mass is 10.3. The molecular formula is C8H11Cl2NOS. The van der Waals surface area contributed by atoms with Gasteiger partial charge in [-0.2, -0.15) is 0 Å². The maximum Gasteiger partial charge on any atom is 0.143 e. The summed E-state index contributed by atoms with van der Waals surface area (Å²) in [5.41, 5.74) is 0. The Hall–Kier alpha value is 0.200. The Kier molecular flexibility index (Phi) is 4.49. The van der Waals surface area contributed by atoms with Crippen molar-refractivity contribution in [3.05, 3.63) is 21.3 Å². The third-order valence-electron chi connectivity index (χ3n) is 1.79. The van der Waals surface area contributed by atoms with E-state index in [4.69, 9.17) is 16.3 Å². The molecule has 1 unspecified atom stereocenters. The van der Waals surface area contributed by atoms with Crippen molar-refractivity contribution in [1.29, 1.82) is 0 Å². The van der Waals surface area contributed by atoms with Crippen molar-refractivity contribution < 1.29 is 4.74 Å². The van der Waals surface area contributed by atoms with Gasteiger partial charge in [-0.25, -0.2) is 0 Å². The number of hydrogen-bond acceptors (Lipinski definition) is 3. The van der Waals surface area contributed by atoms with Gasteiger partial charge in [-0.1, -0.05) is 11.6 Å². The predicted octanol–water partition coefficient (Wildman–Crippen LogP) is 2.83.